The molecular formula is C14H17F4NO2. The average molecular weight is 307 g/mol. The Labute approximate surface area is 120 Å². The van der Waals surface area contributed by atoms with Crippen molar-refractivity contribution >= 4 is 5.97 Å². The summed E-state index contributed by atoms with van der Waals surface area (Å²) in [7, 11) is 0. The molecule has 1 heterocycles. The molecule has 2 rings (SSSR count). The molecule has 3 nitrogen and oxygen atoms in total. The Kier molecular flexibility index (Phi) is 6.14. The van der Waals surface area contributed by atoms with Crippen LogP contribution >= 0.6 is 0 Å². The fraction of sp³-hybridized carbons (Fsp3) is 0.500. The number of hydrogen-bond acceptors (Lipinski definition) is 2. The zero-order valence-electron chi connectivity index (χ0n) is 11.5. The van der Waals surface area contributed by atoms with Crippen molar-refractivity contribution in [2.45, 2.75) is 38.4 Å². The highest BCUT2D eigenvalue weighted by atomic mass is 19.4. The summed E-state index contributed by atoms with van der Waals surface area (Å²) in [6.45, 7) is 1.91. The van der Waals surface area contributed by atoms with Gasteiger partial charge in [0.2, 0.25) is 0 Å². The van der Waals surface area contributed by atoms with Crippen LogP contribution in [0.3, 0.4) is 0 Å². The van der Waals surface area contributed by atoms with Crippen molar-refractivity contribution in [3.63, 3.8) is 0 Å². The van der Waals surface area contributed by atoms with Gasteiger partial charge in [-0.15, -0.1) is 0 Å². The molecule has 1 saturated heterocycles. The van der Waals surface area contributed by atoms with Gasteiger partial charge in [-0.25, -0.2) is 4.39 Å². The van der Waals surface area contributed by atoms with Gasteiger partial charge in [0.05, 0.1) is 5.56 Å². The predicted molar refractivity (Wildman–Crippen MR) is 69.3 cm³/mol. The summed E-state index contributed by atoms with van der Waals surface area (Å²) in [4.78, 5) is 9.00. The van der Waals surface area contributed by atoms with Crippen molar-refractivity contribution in [1.29, 1.82) is 0 Å². The number of rotatable bonds is 1. The van der Waals surface area contributed by atoms with Crippen molar-refractivity contribution in [3.05, 3.63) is 35.1 Å². The maximum Gasteiger partial charge on any atom is 0.419 e. The molecule has 1 aromatic carbocycles. The minimum atomic E-state index is -4.62. The molecule has 7 heteroatoms. The first-order chi connectivity index (χ1) is 9.71. The van der Waals surface area contributed by atoms with E-state index in [9.17, 15) is 17.6 Å². The highest BCUT2D eigenvalue weighted by Gasteiger charge is 2.34. The Morgan fingerprint density at radius 1 is 1.33 bits per heavy atom. The van der Waals surface area contributed by atoms with Gasteiger partial charge in [0.15, 0.2) is 0 Å². The third kappa shape index (κ3) is 5.71. The number of carboxylic acid groups (broad SMARTS) is 1. The van der Waals surface area contributed by atoms with Crippen LogP contribution in [0.2, 0.25) is 0 Å². The molecule has 0 radical (unpaired) electrons. The zero-order chi connectivity index (χ0) is 16.0. The van der Waals surface area contributed by atoms with Crippen LogP contribution in [-0.2, 0) is 11.0 Å². The predicted octanol–water partition coefficient (Wildman–Crippen LogP) is 3.75. The van der Waals surface area contributed by atoms with Crippen LogP contribution < -0.4 is 5.32 Å². The number of alkyl halides is 3. The van der Waals surface area contributed by atoms with E-state index in [1.54, 1.807) is 0 Å². The summed E-state index contributed by atoms with van der Waals surface area (Å²) in [5.74, 6) is -2.03. The van der Waals surface area contributed by atoms with Gasteiger partial charge in [0, 0.05) is 13.0 Å². The lowest BCUT2D eigenvalue weighted by atomic mass is 9.96. The van der Waals surface area contributed by atoms with E-state index < -0.39 is 23.5 Å². The first-order valence-electron chi connectivity index (χ1n) is 6.51. The normalized spacial score (nSPS) is 18.6. The van der Waals surface area contributed by atoms with Crippen LogP contribution in [-0.4, -0.2) is 17.6 Å². The summed E-state index contributed by atoms with van der Waals surface area (Å²) >= 11 is 0. The van der Waals surface area contributed by atoms with Gasteiger partial charge < -0.3 is 10.4 Å². The van der Waals surface area contributed by atoms with Crippen molar-refractivity contribution in [2.75, 3.05) is 6.54 Å². The van der Waals surface area contributed by atoms with Crippen LogP contribution in [0, 0.1) is 5.82 Å². The Morgan fingerprint density at radius 2 is 1.95 bits per heavy atom. The van der Waals surface area contributed by atoms with E-state index >= 15 is 0 Å². The number of halogens is 4. The summed E-state index contributed by atoms with van der Waals surface area (Å²) < 4.78 is 50.5. The zero-order valence-corrected chi connectivity index (χ0v) is 11.5. The third-order valence-electron chi connectivity index (χ3n) is 3.01. The van der Waals surface area contributed by atoms with Crippen LogP contribution in [0.25, 0.3) is 0 Å². The number of carbonyl (C=O) groups is 1. The summed E-state index contributed by atoms with van der Waals surface area (Å²) in [5.41, 5.74) is -0.604. The number of piperidine rings is 1. The molecule has 0 spiro atoms. The van der Waals surface area contributed by atoms with E-state index in [2.05, 4.69) is 5.32 Å². The molecule has 0 bridgehead atoms. The van der Waals surface area contributed by atoms with E-state index in [4.69, 9.17) is 9.90 Å². The fourth-order valence-corrected chi connectivity index (χ4v) is 2.11. The monoisotopic (exact) mass is 307 g/mol. The van der Waals surface area contributed by atoms with Gasteiger partial charge in [-0.05, 0) is 37.1 Å². The second kappa shape index (κ2) is 7.40. The first kappa shape index (κ1) is 17.4. The van der Waals surface area contributed by atoms with Crippen LogP contribution in [0.5, 0.6) is 0 Å². The van der Waals surface area contributed by atoms with Gasteiger partial charge in [-0.2, -0.15) is 13.2 Å². The number of carboxylic acids is 1. The van der Waals surface area contributed by atoms with Crippen molar-refractivity contribution in [1.82, 2.24) is 5.32 Å². The van der Waals surface area contributed by atoms with E-state index in [0.717, 1.165) is 44.9 Å². The van der Waals surface area contributed by atoms with Gasteiger partial charge in [-0.3, -0.25) is 4.79 Å². The van der Waals surface area contributed by atoms with E-state index in [-0.39, 0.29) is 6.04 Å². The van der Waals surface area contributed by atoms with Gasteiger partial charge in [0.25, 0.3) is 5.97 Å². The molecule has 118 valence electrons. The topological polar surface area (TPSA) is 49.3 Å². The molecule has 0 saturated carbocycles. The number of nitrogens with one attached hydrogen (secondary N) is 1. The van der Waals surface area contributed by atoms with Crippen molar-refractivity contribution < 1.29 is 27.5 Å². The lowest BCUT2D eigenvalue weighted by Gasteiger charge is -2.24. The van der Waals surface area contributed by atoms with Crippen molar-refractivity contribution in [2.24, 2.45) is 0 Å². The highest BCUT2D eigenvalue weighted by Crippen LogP contribution is 2.33. The van der Waals surface area contributed by atoms with E-state index in [1.165, 1.54) is 6.07 Å². The Hall–Kier alpha value is -1.63. The molecule has 0 aliphatic carbocycles. The smallest absolute Gasteiger partial charge is 0.419 e. The molecule has 1 atom stereocenters. The summed E-state index contributed by atoms with van der Waals surface area (Å²) in [5, 5.41) is 10.6. The Morgan fingerprint density at radius 3 is 2.38 bits per heavy atom. The standard InChI is InChI=1S/C12H13F4N.C2H4O2/c13-10-7-8(11-3-1-2-6-17-11)4-5-9(10)12(14,15)16;1-2(3)4/h4-5,7,11,17H,1-3,6H2;1H3,(H,3,4). The molecule has 1 fully saturated rings. The molecule has 2 N–H and O–H groups in total. The van der Waals surface area contributed by atoms with E-state index in [1.807, 2.05) is 0 Å². The largest absolute Gasteiger partial charge is 0.481 e. The van der Waals surface area contributed by atoms with E-state index in [0.29, 0.717) is 5.56 Å². The molecule has 21 heavy (non-hydrogen) atoms. The molecule has 1 aliphatic rings. The second-order valence-corrected chi connectivity index (χ2v) is 4.76. The Bertz CT molecular complexity index is 478. The minimum absolute atomic E-state index is 0.0273. The maximum atomic E-state index is 13.4. The Balaban J connectivity index is 0.000000491. The molecule has 1 unspecified atom stereocenters. The highest BCUT2D eigenvalue weighted by molar-refractivity contribution is 5.62. The van der Waals surface area contributed by atoms with Crippen LogP contribution in [0.1, 0.15) is 43.4 Å². The molecule has 0 aromatic heterocycles. The van der Waals surface area contributed by atoms with Gasteiger partial charge in [0.1, 0.15) is 5.82 Å². The van der Waals surface area contributed by atoms with Gasteiger partial charge >= 0.3 is 6.18 Å². The quantitative estimate of drug-likeness (QED) is 0.777. The molecular weight excluding hydrogens is 290 g/mol. The summed E-state index contributed by atoms with van der Waals surface area (Å²) in [6.07, 6.45) is -1.71. The molecule has 1 aliphatic heterocycles. The van der Waals surface area contributed by atoms with Crippen LogP contribution in [0.4, 0.5) is 17.6 Å². The molecule has 1 aromatic rings. The average Bonchev–Trinajstić information content (AvgIpc) is 2.37. The first-order valence-corrected chi connectivity index (χ1v) is 6.51. The molecule has 0 amide bonds. The number of benzene rings is 1. The third-order valence-corrected chi connectivity index (χ3v) is 3.01. The second-order valence-electron chi connectivity index (χ2n) is 4.76. The number of aliphatic carboxylic acids is 1. The van der Waals surface area contributed by atoms with Crippen LogP contribution in [0.15, 0.2) is 18.2 Å². The van der Waals surface area contributed by atoms with Crippen molar-refractivity contribution in [3.8, 4) is 0 Å². The summed E-state index contributed by atoms with van der Waals surface area (Å²) in [6, 6.07) is 3.14. The van der Waals surface area contributed by atoms with Gasteiger partial charge in [-0.1, -0.05) is 12.5 Å². The minimum Gasteiger partial charge on any atom is -0.481 e. The lowest BCUT2D eigenvalue weighted by Crippen LogP contribution is -2.27. The lowest BCUT2D eigenvalue weighted by molar-refractivity contribution is -0.140. The SMILES string of the molecule is CC(=O)O.Fc1cc(C2CCCCN2)ccc1C(F)(F)F. The maximum absolute atomic E-state index is 13.4. The number of hydrogen-bond donors (Lipinski definition) is 2. The fourth-order valence-electron chi connectivity index (χ4n) is 2.11.